The minimum absolute atomic E-state index is 0.00103. The van der Waals surface area contributed by atoms with Gasteiger partial charge in [0.15, 0.2) is 0 Å². The van der Waals surface area contributed by atoms with E-state index in [1.54, 1.807) is 12.1 Å². The van der Waals surface area contributed by atoms with Gasteiger partial charge in [-0.2, -0.15) is 0 Å². The number of benzene rings is 1. The second-order valence-electron chi connectivity index (χ2n) is 11.3. The summed E-state index contributed by atoms with van der Waals surface area (Å²) in [4.78, 5) is 42.0. The Balaban J connectivity index is 1.46. The highest BCUT2D eigenvalue weighted by Crippen LogP contribution is 2.46. The van der Waals surface area contributed by atoms with E-state index < -0.39 is 23.2 Å². The molecule has 0 spiro atoms. The molecule has 2 saturated heterocycles. The van der Waals surface area contributed by atoms with Crippen LogP contribution in [0.5, 0.6) is 0 Å². The number of rotatable bonds is 4. The van der Waals surface area contributed by atoms with Crippen molar-refractivity contribution in [3.63, 3.8) is 0 Å². The highest BCUT2D eigenvalue weighted by molar-refractivity contribution is 6.30. The van der Waals surface area contributed by atoms with Crippen LogP contribution in [0.4, 0.5) is 0 Å². The maximum Gasteiger partial charge on any atom is 0.243 e. The van der Waals surface area contributed by atoms with Crippen LogP contribution < -0.4 is 5.32 Å². The number of aliphatic hydroxyl groups excluding tert-OH is 1. The van der Waals surface area contributed by atoms with Crippen LogP contribution in [0.25, 0.3) is 0 Å². The highest BCUT2D eigenvalue weighted by atomic mass is 35.5. The van der Waals surface area contributed by atoms with Gasteiger partial charge in [-0.05, 0) is 37.0 Å². The van der Waals surface area contributed by atoms with Crippen molar-refractivity contribution in [1.29, 1.82) is 0 Å². The molecule has 1 aromatic carbocycles. The van der Waals surface area contributed by atoms with Crippen LogP contribution in [0, 0.1) is 11.3 Å². The molecule has 3 aliphatic rings. The van der Waals surface area contributed by atoms with E-state index in [-0.39, 0.29) is 42.6 Å². The minimum Gasteiger partial charge on any atom is -0.391 e. The molecular weight excluding hydrogens is 482 g/mol. The first-order valence-electron chi connectivity index (χ1n) is 13.0. The van der Waals surface area contributed by atoms with Gasteiger partial charge >= 0.3 is 0 Å². The second kappa shape index (κ2) is 10.3. The fourth-order valence-electron chi connectivity index (χ4n) is 6.29. The molecule has 9 heteroatoms. The quantitative estimate of drug-likeness (QED) is 0.566. The van der Waals surface area contributed by atoms with Gasteiger partial charge in [0.2, 0.25) is 17.7 Å². The normalized spacial score (nSPS) is 32.3. The van der Waals surface area contributed by atoms with Crippen molar-refractivity contribution in [1.82, 2.24) is 15.1 Å². The second-order valence-corrected chi connectivity index (χ2v) is 11.8. The standard InChI is InChI=1S/C27H38ClN3O5/c1-17(32)31-15-20(33)14-23(31)24(34)29-22-7-5-4-6-21(22)25(35)30-13-12-27(36,26(2,3)16-30)18-8-10-19(28)11-9-18/h8-11,20-23,33,36H,4-7,12-16H2,1-3H3,(H,29,34)/t20-,21+,22-,23?,27+/m1/s1. The van der Waals surface area contributed by atoms with Gasteiger partial charge in [-0.3, -0.25) is 14.4 Å². The van der Waals surface area contributed by atoms with E-state index in [1.165, 1.54) is 11.8 Å². The topological polar surface area (TPSA) is 110 Å². The Hall–Kier alpha value is -2.16. The van der Waals surface area contributed by atoms with Gasteiger partial charge in [-0.15, -0.1) is 0 Å². The van der Waals surface area contributed by atoms with Gasteiger partial charge in [0.1, 0.15) is 6.04 Å². The van der Waals surface area contributed by atoms with Crippen LogP contribution in [-0.2, 0) is 20.0 Å². The third-order valence-corrected chi connectivity index (χ3v) is 8.73. The lowest BCUT2D eigenvalue weighted by molar-refractivity contribution is -0.158. The molecule has 198 valence electrons. The van der Waals surface area contributed by atoms with Crippen molar-refractivity contribution in [3.05, 3.63) is 34.9 Å². The van der Waals surface area contributed by atoms with Gasteiger partial charge in [-0.25, -0.2) is 0 Å². The molecule has 0 bridgehead atoms. The lowest BCUT2D eigenvalue weighted by Crippen LogP contribution is -2.59. The summed E-state index contributed by atoms with van der Waals surface area (Å²) >= 11 is 6.04. The van der Waals surface area contributed by atoms with E-state index >= 15 is 0 Å². The molecule has 5 atom stereocenters. The number of aliphatic hydroxyl groups is 2. The number of β-amino-alcohol motifs (C(OH)–C–C–N with tert-alkyl or cyclic N) is 1. The summed E-state index contributed by atoms with van der Waals surface area (Å²) in [5.74, 6) is -0.896. The number of carbonyl (C=O) groups excluding carboxylic acids is 3. The minimum atomic E-state index is -1.09. The Bertz CT molecular complexity index is 1000. The predicted octanol–water partition coefficient (Wildman–Crippen LogP) is 2.44. The van der Waals surface area contributed by atoms with Gasteiger partial charge in [0, 0.05) is 49.5 Å². The Labute approximate surface area is 218 Å². The molecule has 1 unspecified atom stereocenters. The zero-order valence-electron chi connectivity index (χ0n) is 21.4. The van der Waals surface area contributed by atoms with E-state index in [0.29, 0.717) is 37.4 Å². The van der Waals surface area contributed by atoms with Crippen LogP contribution in [0.2, 0.25) is 5.02 Å². The number of hydrogen-bond acceptors (Lipinski definition) is 5. The number of nitrogens with one attached hydrogen (secondary N) is 1. The molecule has 0 radical (unpaired) electrons. The number of carbonyl (C=O) groups is 3. The molecule has 1 aromatic rings. The zero-order valence-corrected chi connectivity index (χ0v) is 22.1. The smallest absolute Gasteiger partial charge is 0.243 e. The average molecular weight is 520 g/mol. The van der Waals surface area contributed by atoms with E-state index in [9.17, 15) is 24.6 Å². The highest BCUT2D eigenvalue weighted by Gasteiger charge is 2.51. The number of halogens is 1. The number of piperidine rings is 1. The summed E-state index contributed by atoms with van der Waals surface area (Å²) in [7, 11) is 0. The van der Waals surface area contributed by atoms with Crippen LogP contribution in [0.1, 0.15) is 64.9 Å². The maximum absolute atomic E-state index is 13.7. The van der Waals surface area contributed by atoms with Gasteiger partial charge in [0.25, 0.3) is 0 Å². The first-order valence-corrected chi connectivity index (χ1v) is 13.3. The third kappa shape index (κ3) is 5.13. The summed E-state index contributed by atoms with van der Waals surface area (Å²) in [6, 6.07) is 6.21. The number of likely N-dealkylation sites (tertiary alicyclic amines) is 2. The van der Waals surface area contributed by atoms with Crippen molar-refractivity contribution in [2.45, 2.75) is 83.1 Å². The Morgan fingerprint density at radius 1 is 1.11 bits per heavy atom. The molecular formula is C27H38ClN3O5. The van der Waals surface area contributed by atoms with E-state index in [0.717, 1.165) is 18.4 Å². The maximum atomic E-state index is 13.7. The molecule has 2 heterocycles. The number of nitrogens with zero attached hydrogens (tertiary/aromatic N) is 2. The van der Waals surface area contributed by atoms with Gasteiger partial charge < -0.3 is 25.3 Å². The molecule has 4 rings (SSSR count). The van der Waals surface area contributed by atoms with E-state index in [4.69, 9.17) is 11.6 Å². The molecule has 3 N–H and O–H groups in total. The Kier molecular flexibility index (Phi) is 7.70. The predicted molar refractivity (Wildman–Crippen MR) is 136 cm³/mol. The Morgan fingerprint density at radius 2 is 1.78 bits per heavy atom. The van der Waals surface area contributed by atoms with Crippen molar-refractivity contribution < 1.29 is 24.6 Å². The lowest BCUT2D eigenvalue weighted by Gasteiger charge is -2.51. The fourth-order valence-corrected chi connectivity index (χ4v) is 6.42. The molecule has 1 saturated carbocycles. The Morgan fingerprint density at radius 3 is 2.42 bits per heavy atom. The summed E-state index contributed by atoms with van der Waals surface area (Å²) < 4.78 is 0. The molecule has 3 fully saturated rings. The van der Waals surface area contributed by atoms with Crippen molar-refractivity contribution >= 4 is 29.3 Å². The fraction of sp³-hybridized carbons (Fsp3) is 0.667. The summed E-state index contributed by atoms with van der Waals surface area (Å²) in [5.41, 5.74) is -0.890. The number of hydrogen-bond donors (Lipinski definition) is 3. The first-order chi connectivity index (χ1) is 16.9. The van der Waals surface area contributed by atoms with Crippen LogP contribution in [0.3, 0.4) is 0 Å². The van der Waals surface area contributed by atoms with E-state index in [2.05, 4.69) is 5.32 Å². The van der Waals surface area contributed by atoms with Crippen molar-refractivity contribution in [2.75, 3.05) is 19.6 Å². The van der Waals surface area contributed by atoms with Gasteiger partial charge in [0.05, 0.1) is 17.6 Å². The van der Waals surface area contributed by atoms with Crippen molar-refractivity contribution in [2.24, 2.45) is 11.3 Å². The summed E-state index contributed by atoms with van der Waals surface area (Å²) in [5, 5.41) is 25.3. The zero-order chi connectivity index (χ0) is 26.3. The average Bonchev–Trinajstić information content (AvgIpc) is 3.23. The number of amides is 3. The molecule has 3 amide bonds. The molecule has 0 aromatic heterocycles. The SMILES string of the molecule is CC(=O)N1C[C@H](O)CC1C(=O)N[C@@H]1CCCC[C@@H]1C(=O)N1CC[C@](O)(c2ccc(Cl)cc2)C(C)(C)C1. The van der Waals surface area contributed by atoms with Crippen LogP contribution in [-0.4, -0.2) is 75.6 Å². The summed E-state index contributed by atoms with van der Waals surface area (Å²) in [6.07, 6.45) is 3.11. The third-order valence-electron chi connectivity index (χ3n) is 8.48. The van der Waals surface area contributed by atoms with Crippen molar-refractivity contribution in [3.8, 4) is 0 Å². The van der Waals surface area contributed by atoms with Gasteiger partial charge in [-0.1, -0.05) is 50.4 Å². The largest absolute Gasteiger partial charge is 0.391 e. The van der Waals surface area contributed by atoms with Crippen LogP contribution in [0.15, 0.2) is 24.3 Å². The monoisotopic (exact) mass is 519 g/mol. The lowest BCUT2D eigenvalue weighted by atomic mass is 9.66. The van der Waals surface area contributed by atoms with E-state index in [1.807, 2.05) is 30.9 Å². The first kappa shape index (κ1) is 26.9. The van der Waals surface area contributed by atoms with Crippen LogP contribution >= 0.6 is 11.6 Å². The molecule has 1 aliphatic carbocycles. The molecule has 8 nitrogen and oxygen atoms in total. The molecule has 36 heavy (non-hydrogen) atoms. The molecule has 2 aliphatic heterocycles. The summed E-state index contributed by atoms with van der Waals surface area (Å²) in [6.45, 7) is 6.32.